The Bertz CT molecular complexity index is 426. The highest BCUT2D eigenvalue weighted by atomic mass is 127. The van der Waals surface area contributed by atoms with Crippen LogP contribution in [0.2, 0.25) is 0 Å². The van der Waals surface area contributed by atoms with Crippen molar-refractivity contribution in [2.45, 2.75) is 33.6 Å². The number of guanidine groups is 1. The minimum atomic E-state index is 0. The lowest BCUT2D eigenvalue weighted by Crippen LogP contribution is -2.38. The fraction of sp³-hybridized carbons (Fsp3) is 0.733. The van der Waals surface area contributed by atoms with Crippen molar-refractivity contribution in [3.05, 3.63) is 15.6 Å². The van der Waals surface area contributed by atoms with E-state index < -0.39 is 0 Å². The van der Waals surface area contributed by atoms with Gasteiger partial charge in [-0.15, -0.1) is 35.3 Å². The summed E-state index contributed by atoms with van der Waals surface area (Å²) in [6.07, 6.45) is 2.02. The van der Waals surface area contributed by atoms with Crippen LogP contribution in [0.4, 0.5) is 0 Å². The third kappa shape index (κ3) is 8.89. The van der Waals surface area contributed by atoms with Crippen molar-refractivity contribution in [2.24, 2.45) is 4.99 Å². The van der Waals surface area contributed by atoms with Crippen molar-refractivity contribution < 1.29 is 0 Å². The standard InChI is InChI=1S/C15H29N5S.HI/c1-6-16-15(17-9-7-11-20(4)5)18-10-8-14-19-12(2)13(3)21-14;/h6-11H2,1-5H3,(H2,16,17,18);1H. The maximum atomic E-state index is 4.59. The van der Waals surface area contributed by atoms with E-state index in [1.807, 2.05) is 0 Å². The van der Waals surface area contributed by atoms with Crippen molar-refractivity contribution >= 4 is 41.3 Å². The van der Waals surface area contributed by atoms with Gasteiger partial charge in [-0.2, -0.15) is 0 Å². The van der Waals surface area contributed by atoms with Crippen LogP contribution in [0.5, 0.6) is 0 Å². The topological polar surface area (TPSA) is 52.6 Å². The summed E-state index contributed by atoms with van der Waals surface area (Å²) < 4.78 is 0. The first-order chi connectivity index (χ1) is 10.0. The maximum absolute atomic E-state index is 4.59. The minimum absolute atomic E-state index is 0. The number of halogens is 1. The van der Waals surface area contributed by atoms with Gasteiger partial charge in [0.15, 0.2) is 5.96 Å². The molecule has 0 unspecified atom stereocenters. The Balaban J connectivity index is 0.00000441. The van der Waals surface area contributed by atoms with E-state index in [4.69, 9.17) is 0 Å². The van der Waals surface area contributed by atoms with Crippen LogP contribution in [0.25, 0.3) is 0 Å². The summed E-state index contributed by atoms with van der Waals surface area (Å²) >= 11 is 1.79. The van der Waals surface area contributed by atoms with Crippen LogP contribution in [-0.4, -0.2) is 56.1 Å². The molecule has 1 rings (SSSR count). The molecule has 1 heterocycles. The van der Waals surface area contributed by atoms with Gasteiger partial charge in [0.25, 0.3) is 0 Å². The highest BCUT2D eigenvalue weighted by molar-refractivity contribution is 14.0. The zero-order valence-electron chi connectivity index (χ0n) is 14.4. The Morgan fingerprint density at radius 3 is 2.55 bits per heavy atom. The van der Waals surface area contributed by atoms with E-state index in [1.165, 1.54) is 9.88 Å². The molecule has 0 spiro atoms. The second-order valence-corrected chi connectivity index (χ2v) is 6.63. The summed E-state index contributed by atoms with van der Waals surface area (Å²) in [6.45, 7) is 9.95. The predicted octanol–water partition coefficient (Wildman–Crippen LogP) is 2.43. The highest BCUT2D eigenvalue weighted by Gasteiger charge is 2.04. The molecule has 0 fully saturated rings. The molecule has 5 nitrogen and oxygen atoms in total. The molecule has 1 aromatic heterocycles. The van der Waals surface area contributed by atoms with Crippen LogP contribution in [-0.2, 0) is 6.42 Å². The predicted molar refractivity (Wildman–Crippen MR) is 108 cm³/mol. The Labute approximate surface area is 156 Å². The summed E-state index contributed by atoms with van der Waals surface area (Å²) in [4.78, 5) is 12.6. The lowest BCUT2D eigenvalue weighted by Gasteiger charge is -2.11. The molecule has 0 saturated heterocycles. The molecule has 0 amide bonds. The van der Waals surface area contributed by atoms with Gasteiger partial charge in [-0.25, -0.2) is 4.98 Å². The maximum Gasteiger partial charge on any atom is 0.191 e. The van der Waals surface area contributed by atoms with E-state index in [0.717, 1.165) is 50.7 Å². The molecule has 0 aliphatic heterocycles. The average molecular weight is 439 g/mol. The molecular formula is C15H30IN5S. The number of hydrogen-bond acceptors (Lipinski definition) is 4. The van der Waals surface area contributed by atoms with Gasteiger partial charge in [0.2, 0.25) is 0 Å². The van der Waals surface area contributed by atoms with Crippen LogP contribution in [0.1, 0.15) is 28.9 Å². The van der Waals surface area contributed by atoms with Crippen LogP contribution in [0.15, 0.2) is 4.99 Å². The zero-order valence-corrected chi connectivity index (χ0v) is 17.5. The molecule has 0 atom stereocenters. The third-order valence-electron chi connectivity index (χ3n) is 3.08. The minimum Gasteiger partial charge on any atom is -0.357 e. The Hall–Kier alpha value is -0.410. The number of aryl methyl sites for hydroxylation is 2. The number of aromatic nitrogens is 1. The molecular weight excluding hydrogens is 409 g/mol. The normalized spacial score (nSPS) is 11.5. The molecule has 128 valence electrons. The average Bonchev–Trinajstić information content (AvgIpc) is 2.73. The smallest absolute Gasteiger partial charge is 0.191 e. The van der Waals surface area contributed by atoms with Crippen molar-refractivity contribution in [2.75, 3.05) is 40.3 Å². The van der Waals surface area contributed by atoms with E-state index in [0.29, 0.717) is 0 Å². The molecule has 0 bridgehead atoms. The van der Waals surface area contributed by atoms with Gasteiger partial charge in [0.1, 0.15) is 0 Å². The lowest BCUT2D eigenvalue weighted by molar-refractivity contribution is 0.403. The summed E-state index contributed by atoms with van der Waals surface area (Å²) in [6, 6.07) is 0. The van der Waals surface area contributed by atoms with Crippen molar-refractivity contribution in [1.82, 2.24) is 20.5 Å². The molecule has 2 N–H and O–H groups in total. The molecule has 22 heavy (non-hydrogen) atoms. The van der Waals surface area contributed by atoms with E-state index >= 15 is 0 Å². The first-order valence-corrected chi connectivity index (χ1v) is 8.44. The molecule has 0 aromatic carbocycles. The number of nitrogens with one attached hydrogen (secondary N) is 2. The summed E-state index contributed by atoms with van der Waals surface area (Å²) in [5.74, 6) is 0.904. The van der Waals surface area contributed by atoms with Crippen LogP contribution in [0, 0.1) is 13.8 Å². The van der Waals surface area contributed by atoms with Crippen molar-refractivity contribution in [1.29, 1.82) is 0 Å². The fourth-order valence-corrected chi connectivity index (χ4v) is 2.79. The fourth-order valence-electron chi connectivity index (χ4n) is 1.85. The second kappa shape index (κ2) is 12.1. The molecule has 7 heteroatoms. The SMILES string of the molecule is CCNC(=NCCCN(C)C)NCCc1nc(C)c(C)s1.I. The van der Waals surface area contributed by atoms with Crippen LogP contribution in [0.3, 0.4) is 0 Å². The van der Waals surface area contributed by atoms with Gasteiger partial charge >= 0.3 is 0 Å². The summed E-state index contributed by atoms with van der Waals surface area (Å²) in [5, 5.41) is 7.86. The highest BCUT2D eigenvalue weighted by Crippen LogP contribution is 2.16. The largest absolute Gasteiger partial charge is 0.357 e. The van der Waals surface area contributed by atoms with Crippen molar-refractivity contribution in [3.63, 3.8) is 0 Å². The van der Waals surface area contributed by atoms with E-state index in [1.54, 1.807) is 11.3 Å². The van der Waals surface area contributed by atoms with E-state index in [2.05, 4.69) is 60.4 Å². The van der Waals surface area contributed by atoms with E-state index in [-0.39, 0.29) is 24.0 Å². The Morgan fingerprint density at radius 1 is 1.27 bits per heavy atom. The molecule has 0 saturated carbocycles. The molecule has 0 aliphatic rings. The zero-order chi connectivity index (χ0) is 15.7. The molecule has 0 radical (unpaired) electrons. The van der Waals surface area contributed by atoms with Gasteiger partial charge in [0, 0.05) is 30.9 Å². The quantitative estimate of drug-likeness (QED) is 0.283. The Kier molecular flexibility index (Phi) is 11.8. The van der Waals surface area contributed by atoms with Crippen LogP contribution < -0.4 is 10.6 Å². The number of nitrogens with zero attached hydrogens (tertiary/aromatic N) is 3. The van der Waals surface area contributed by atoms with Gasteiger partial charge in [-0.05, 0) is 47.8 Å². The lowest BCUT2D eigenvalue weighted by atomic mass is 10.4. The summed E-state index contributed by atoms with van der Waals surface area (Å²) in [7, 11) is 4.18. The molecule has 0 aliphatic carbocycles. The molecule has 1 aromatic rings. The van der Waals surface area contributed by atoms with Gasteiger partial charge in [0.05, 0.1) is 10.7 Å². The monoisotopic (exact) mass is 439 g/mol. The van der Waals surface area contributed by atoms with Gasteiger partial charge in [-0.3, -0.25) is 4.99 Å². The van der Waals surface area contributed by atoms with Gasteiger partial charge < -0.3 is 15.5 Å². The first-order valence-electron chi connectivity index (χ1n) is 7.62. The number of hydrogen-bond donors (Lipinski definition) is 2. The van der Waals surface area contributed by atoms with E-state index in [9.17, 15) is 0 Å². The van der Waals surface area contributed by atoms with Gasteiger partial charge in [-0.1, -0.05) is 0 Å². The summed E-state index contributed by atoms with van der Waals surface area (Å²) in [5.41, 5.74) is 1.15. The van der Waals surface area contributed by atoms with Crippen molar-refractivity contribution in [3.8, 4) is 0 Å². The Morgan fingerprint density at radius 2 is 2.00 bits per heavy atom. The third-order valence-corrected chi connectivity index (χ3v) is 4.21. The second-order valence-electron chi connectivity index (χ2n) is 5.34. The first kappa shape index (κ1) is 21.6. The number of thiazole rings is 1. The number of aliphatic imine (C=N–C) groups is 1. The number of rotatable bonds is 8. The van der Waals surface area contributed by atoms with Crippen LogP contribution >= 0.6 is 35.3 Å².